The number of benzene rings is 1. The molecule has 0 atom stereocenters. The number of sulfonamides is 1. The van der Waals surface area contributed by atoms with E-state index in [2.05, 4.69) is 4.72 Å². The number of halogens is 1. The zero-order chi connectivity index (χ0) is 14.5. The van der Waals surface area contributed by atoms with Crippen LogP contribution in [0.1, 0.15) is 19.4 Å². The second kappa shape index (κ2) is 6.50. The molecule has 0 aliphatic carbocycles. The van der Waals surface area contributed by atoms with Crippen molar-refractivity contribution in [2.75, 3.05) is 17.1 Å². The van der Waals surface area contributed by atoms with Gasteiger partial charge < -0.3 is 4.74 Å². The van der Waals surface area contributed by atoms with E-state index in [1.54, 1.807) is 19.9 Å². The molecular weight excluding hydrogens is 271 g/mol. The molecule has 5 nitrogen and oxygen atoms in total. The second-order valence-electron chi connectivity index (χ2n) is 4.11. The molecule has 0 aliphatic heterocycles. The van der Waals surface area contributed by atoms with Gasteiger partial charge in [0.1, 0.15) is 17.4 Å². The zero-order valence-electron chi connectivity index (χ0n) is 10.7. The topological polar surface area (TPSA) is 79.2 Å². The van der Waals surface area contributed by atoms with Crippen LogP contribution in [0.4, 0.5) is 10.1 Å². The maximum Gasteiger partial charge on any atom is 0.235 e. The molecule has 0 radical (unpaired) electrons. The van der Waals surface area contributed by atoms with E-state index in [4.69, 9.17) is 10.00 Å². The van der Waals surface area contributed by atoms with E-state index in [-0.39, 0.29) is 29.7 Å². The van der Waals surface area contributed by atoms with Gasteiger partial charge in [0.05, 0.1) is 24.2 Å². The maximum atomic E-state index is 13.3. The third-order valence-corrected chi connectivity index (χ3v) is 3.43. The van der Waals surface area contributed by atoms with Gasteiger partial charge in [0.25, 0.3) is 0 Å². The minimum atomic E-state index is -3.67. The van der Waals surface area contributed by atoms with Gasteiger partial charge in [-0.25, -0.2) is 12.8 Å². The van der Waals surface area contributed by atoms with E-state index < -0.39 is 15.8 Å². The fraction of sp³-hybridized carbons (Fsp3) is 0.417. The van der Waals surface area contributed by atoms with Crippen LogP contribution in [0.3, 0.4) is 0 Å². The van der Waals surface area contributed by atoms with Gasteiger partial charge in [-0.15, -0.1) is 0 Å². The van der Waals surface area contributed by atoms with Gasteiger partial charge in [-0.2, -0.15) is 5.26 Å². The first-order chi connectivity index (χ1) is 8.85. The Bertz CT molecular complexity index is 579. The van der Waals surface area contributed by atoms with E-state index >= 15 is 0 Å². The van der Waals surface area contributed by atoms with Gasteiger partial charge in [-0.3, -0.25) is 4.72 Å². The molecule has 104 valence electrons. The van der Waals surface area contributed by atoms with Crippen LogP contribution in [0, 0.1) is 17.1 Å². The standard InChI is InChI=1S/C12H15FN2O3S/c1-9(2)18-6-7-19(16,17)15-12-5-3-4-11(13)10(12)8-14/h3-5,9,15H,6-7H2,1-2H3. The Morgan fingerprint density at radius 1 is 1.47 bits per heavy atom. The molecule has 0 unspecified atom stereocenters. The summed E-state index contributed by atoms with van der Waals surface area (Å²) in [5.74, 6) is -1.02. The molecule has 1 aromatic carbocycles. The predicted octanol–water partition coefficient (Wildman–Crippen LogP) is 1.86. The molecular formula is C12H15FN2O3S. The van der Waals surface area contributed by atoms with E-state index in [0.29, 0.717) is 0 Å². The summed E-state index contributed by atoms with van der Waals surface area (Å²) in [6.07, 6.45) is -0.0703. The fourth-order valence-corrected chi connectivity index (χ4v) is 2.26. The lowest BCUT2D eigenvalue weighted by Gasteiger charge is -2.11. The molecule has 0 saturated heterocycles. The van der Waals surface area contributed by atoms with Crippen LogP contribution in [0.2, 0.25) is 0 Å². The number of hydrogen-bond acceptors (Lipinski definition) is 4. The number of nitrogens with one attached hydrogen (secondary N) is 1. The molecule has 0 aliphatic rings. The summed E-state index contributed by atoms with van der Waals surface area (Å²) in [6.45, 7) is 3.62. The van der Waals surface area contributed by atoms with Crippen LogP contribution in [-0.4, -0.2) is 26.9 Å². The van der Waals surface area contributed by atoms with Crippen molar-refractivity contribution in [2.24, 2.45) is 0 Å². The van der Waals surface area contributed by atoms with Gasteiger partial charge in [0, 0.05) is 0 Å². The number of nitriles is 1. The lowest BCUT2D eigenvalue weighted by Crippen LogP contribution is -2.22. The second-order valence-corrected chi connectivity index (χ2v) is 5.96. The van der Waals surface area contributed by atoms with E-state index in [0.717, 1.165) is 6.07 Å². The van der Waals surface area contributed by atoms with Crippen LogP contribution in [0.5, 0.6) is 0 Å². The van der Waals surface area contributed by atoms with E-state index in [9.17, 15) is 12.8 Å². The molecule has 0 bridgehead atoms. The third-order valence-electron chi connectivity index (χ3n) is 2.19. The predicted molar refractivity (Wildman–Crippen MR) is 69.6 cm³/mol. The lowest BCUT2D eigenvalue weighted by atomic mass is 10.2. The summed E-state index contributed by atoms with van der Waals surface area (Å²) in [7, 11) is -3.67. The average molecular weight is 286 g/mol. The summed E-state index contributed by atoms with van der Waals surface area (Å²) >= 11 is 0. The highest BCUT2D eigenvalue weighted by atomic mass is 32.2. The van der Waals surface area contributed by atoms with Crippen molar-refractivity contribution in [3.63, 3.8) is 0 Å². The Hall–Kier alpha value is -1.65. The number of hydrogen-bond donors (Lipinski definition) is 1. The smallest absolute Gasteiger partial charge is 0.235 e. The van der Waals surface area contributed by atoms with Crippen molar-refractivity contribution in [3.05, 3.63) is 29.6 Å². The summed E-state index contributed by atoms with van der Waals surface area (Å²) < 4.78 is 44.1. The van der Waals surface area contributed by atoms with Crippen LogP contribution >= 0.6 is 0 Å². The van der Waals surface area contributed by atoms with Crippen LogP contribution in [-0.2, 0) is 14.8 Å². The van der Waals surface area contributed by atoms with Crippen molar-refractivity contribution >= 4 is 15.7 Å². The van der Waals surface area contributed by atoms with Gasteiger partial charge in [-0.1, -0.05) is 6.07 Å². The lowest BCUT2D eigenvalue weighted by molar-refractivity contribution is 0.0913. The molecule has 1 N–H and O–H groups in total. The number of rotatable bonds is 6. The molecule has 0 saturated carbocycles. The normalized spacial score (nSPS) is 11.3. The van der Waals surface area contributed by atoms with Gasteiger partial charge in [0.15, 0.2) is 0 Å². The van der Waals surface area contributed by atoms with E-state index in [1.807, 2.05) is 0 Å². The summed E-state index contributed by atoms with van der Waals surface area (Å²) in [5.41, 5.74) is -0.386. The SMILES string of the molecule is CC(C)OCCS(=O)(=O)Nc1cccc(F)c1C#N. The van der Waals surface area contributed by atoms with E-state index in [1.165, 1.54) is 12.1 Å². The highest BCUT2D eigenvalue weighted by molar-refractivity contribution is 7.92. The monoisotopic (exact) mass is 286 g/mol. The van der Waals surface area contributed by atoms with Gasteiger partial charge in [0.2, 0.25) is 10.0 Å². The first kappa shape index (κ1) is 15.4. The van der Waals surface area contributed by atoms with Crippen molar-refractivity contribution in [1.29, 1.82) is 5.26 Å². The molecule has 0 fully saturated rings. The third kappa shape index (κ3) is 4.85. The summed E-state index contributed by atoms with van der Waals surface area (Å²) in [4.78, 5) is 0. The number of nitrogens with zero attached hydrogens (tertiary/aromatic N) is 1. The molecule has 0 heterocycles. The first-order valence-corrected chi connectivity index (χ1v) is 7.31. The molecule has 7 heteroatoms. The van der Waals surface area contributed by atoms with Crippen molar-refractivity contribution in [2.45, 2.75) is 20.0 Å². The average Bonchev–Trinajstić information content (AvgIpc) is 2.27. The maximum absolute atomic E-state index is 13.3. The van der Waals surface area contributed by atoms with Crippen molar-refractivity contribution < 1.29 is 17.5 Å². The fourth-order valence-electron chi connectivity index (χ4n) is 1.33. The molecule has 0 spiro atoms. The van der Waals surface area contributed by atoms with Crippen LogP contribution in [0.25, 0.3) is 0 Å². The van der Waals surface area contributed by atoms with Crippen LogP contribution in [0.15, 0.2) is 18.2 Å². The molecule has 1 aromatic rings. The quantitative estimate of drug-likeness (QED) is 0.865. The van der Waals surface area contributed by atoms with Crippen LogP contribution < -0.4 is 4.72 Å². The number of anilines is 1. The minimum Gasteiger partial charge on any atom is -0.378 e. The Kier molecular flexibility index (Phi) is 5.27. The van der Waals surface area contributed by atoms with Crippen molar-refractivity contribution in [1.82, 2.24) is 0 Å². The van der Waals surface area contributed by atoms with Gasteiger partial charge in [-0.05, 0) is 26.0 Å². The Morgan fingerprint density at radius 2 is 2.16 bits per heavy atom. The largest absolute Gasteiger partial charge is 0.378 e. The molecule has 0 amide bonds. The first-order valence-electron chi connectivity index (χ1n) is 5.66. The summed E-state index contributed by atoms with van der Waals surface area (Å²) in [6, 6.07) is 5.39. The highest BCUT2D eigenvalue weighted by Crippen LogP contribution is 2.19. The Balaban J connectivity index is 2.79. The molecule has 0 aromatic heterocycles. The van der Waals surface area contributed by atoms with Gasteiger partial charge >= 0.3 is 0 Å². The Morgan fingerprint density at radius 3 is 2.74 bits per heavy atom. The highest BCUT2D eigenvalue weighted by Gasteiger charge is 2.15. The van der Waals surface area contributed by atoms with Crippen molar-refractivity contribution in [3.8, 4) is 6.07 Å². The molecule has 19 heavy (non-hydrogen) atoms. The Labute approximate surface area is 112 Å². The minimum absolute atomic E-state index is 0.0319. The summed E-state index contributed by atoms with van der Waals surface area (Å²) in [5, 5.41) is 8.80. The number of ether oxygens (including phenoxy) is 1. The molecule has 1 rings (SSSR count). The zero-order valence-corrected chi connectivity index (χ0v) is 11.5.